The van der Waals surface area contributed by atoms with E-state index in [1.165, 1.54) is 51.4 Å². The van der Waals surface area contributed by atoms with E-state index >= 15 is 0 Å². The van der Waals surface area contributed by atoms with Gasteiger partial charge in [0.05, 0.1) is 23.8 Å². The van der Waals surface area contributed by atoms with E-state index in [-0.39, 0.29) is 33.6 Å². The third kappa shape index (κ3) is 9.52. The second-order valence-electron chi connectivity index (χ2n) is 12.4. The van der Waals surface area contributed by atoms with Crippen molar-refractivity contribution >= 4 is 37.3 Å². The zero-order valence-corrected chi connectivity index (χ0v) is 25.8. The maximum absolute atomic E-state index is 12.4. The van der Waals surface area contributed by atoms with Crippen LogP contribution in [0.2, 0.25) is 0 Å². The molecule has 0 saturated carbocycles. The van der Waals surface area contributed by atoms with E-state index < -0.39 is 0 Å². The number of thiol groups is 2. The van der Waals surface area contributed by atoms with Gasteiger partial charge in [-0.25, -0.2) is 9.59 Å². The van der Waals surface area contributed by atoms with Gasteiger partial charge >= 0.3 is 12.1 Å². The first-order chi connectivity index (χ1) is 16.9. The lowest BCUT2D eigenvalue weighted by Crippen LogP contribution is -2.35. The van der Waals surface area contributed by atoms with Crippen molar-refractivity contribution < 1.29 is 9.59 Å². The van der Waals surface area contributed by atoms with Crippen LogP contribution in [0.15, 0.2) is 0 Å². The summed E-state index contributed by atoms with van der Waals surface area (Å²) in [4.78, 5) is 32.5. The molecule has 2 aliphatic rings. The number of rotatable bonds is 17. The number of unbranched alkanes of at least 4 members (excludes halogenated alkanes) is 5. The van der Waals surface area contributed by atoms with E-state index in [4.69, 9.17) is 0 Å². The first-order valence-corrected chi connectivity index (χ1v) is 15.4. The standard InChI is InChI=1S/C28H54N4O2S2/c1-7-29-21-23(35)31(25(29)33)19-17-27(3,4)15-13-11-9-10-12-14-16-28(5,6)18-20-32-24(36)22-30(8-2)26(32)34/h23-24,35-36H,7-22H2,1-6H3. The molecule has 0 N–H and O–H groups in total. The van der Waals surface area contributed by atoms with Gasteiger partial charge in [0.2, 0.25) is 0 Å². The van der Waals surface area contributed by atoms with Crippen LogP contribution in [0.5, 0.6) is 0 Å². The van der Waals surface area contributed by atoms with Crippen LogP contribution >= 0.6 is 25.3 Å². The maximum Gasteiger partial charge on any atom is 0.321 e. The molecule has 2 unspecified atom stereocenters. The molecule has 2 rings (SSSR count). The molecular weight excluding hydrogens is 488 g/mol. The number of amides is 4. The van der Waals surface area contributed by atoms with Gasteiger partial charge in [-0.3, -0.25) is 0 Å². The van der Waals surface area contributed by atoms with Crippen LogP contribution in [0.25, 0.3) is 0 Å². The molecule has 0 aromatic heterocycles. The number of urea groups is 2. The van der Waals surface area contributed by atoms with Crippen LogP contribution in [-0.4, -0.2) is 81.7 Å². The summed E-state index contributed by atoms with van der Waals surface area (Å²) in [5.41, 5.74) is 0.517. The monoisotopic (exact) mass is 542 g/mol. The van der Waals surface area contributed by atoms with Crippen molar-refractivity contribution in [2.75, 3.05) is 39.3 Å². The van der Waals surface area contributed by atoms with E-state index in [9.17, 15) is 9.59 Å². The summed E-state index contributed by atoms with van der Waals surface area (Å²) in [7, 11) is 0. The Morgan fingerprint density at radius 2 is 0.972 bits per heavy atom. The van der Waals surface area contributed by atoms with Crippen molar-refractivity contribution in [3.63, 3.8) is 0 Å². The Kier molecular flexibility index (Phi) is 12.6. The summed E-state index contributed by atoms with van der Waals surface area (Å²) < 4.78 is 0. The van der Waals surface area contributed by atoms with Gasteiger partial charge in [0.25, 0.3) is 0 Å². The summed E-state index contributed by atoms with van der Waals surface area (Å²) in [6, 6.07) is 0.296. The molecule has 0 radical (unpaired) electrons. The summed E-state index contributed by atoms with van der Waals surface area (Å²) in [5.74, 6) is 0. The zero-order valence-electron chi connectivity index (χ0n) is 24.0. The lowest BCUT2D eigenvalue weighted by molar-refractivity contribution is 0.180. The fourth-order valence-corrected chi connectivity index (χ4v) is 6.22. The van der Waals surface area contributed by atoms with Crippen LogP contribution in [0, 0.1) is 10.8 Å². The average Bonchev–Trinajstić information content (AvgIpc) is 3.25. The minimum Gasteiger partial charge on any atom is -0.322 e. The Balaban J connectivity index is 1.53. The highest BCUT2D eigenvalue weighted by atomic mass is 32.1. The number of hydrogen-bond donors (Lipinski definition) is 2. The highest BCUT2D eigenvalue weighted by Crippen LogP contribution is 2.32. The lowest BCUT2D eigenvalue weighted by Gasteiger charge is -2.29. The third-order valence-electron chi connectivity index (χ3n) is 8.30. The molecule has 4 amide bonds. The molecule has 8 heteroatoms. The highest BCUT2D eigenvalue weighted by molar-refractivity contribution is 7.81. The summed E-state index contributed by atoms with van der Waals surface area (Å²) in [6.07, 6.45) is 12.2. The Bertz CT molecular complexity index is 645. The molecule has 2 saturated heterocycles. The Morgan fingerprint density at radius 3 is 1.28 bits per heavy atom. The second-order valence-corrected chi connectivity index (χ2v) is 13.6. The predicted molar refractivity (Wildman–Crippen MR) is 158 cm³/mol. The van der Waals surface area contributed by atoms with Crippen LogP contribution in [0.1, 0.15) is 106 Å². The van der Waals surface area contributed by atoms with E-state index in [0.29, 0.717) is 0 Å². The predicted octanol–water partition coefficient (Wildman–Crippen LogP) is 6.97. The molecule has 2 aliphatic heterocycles. The van der Waals surface area contributed by atoms with Crippen molar-refractivity contribution in [2.24, 2.45) is 10.8 Å². The van der Waals surface area contributed by atoms with E-state index in [1.807, 2.05) is 33.4 Å². The van der Waals surface area contributed by atoms with E-state index in [0.717, 1.165) is 52.1 Å². The van der Waals surface area contributed by atoms with E-state index in [2.05, 4.69) is 53.0 Å². The minimum atomic E-state index is 0.0345. The summed E-state index contributed by atoms with van der Waals surface area (Å²) >= 11 is 9.25. The Labute approximate surface area is 232 Å². The SMILES string of the molecule is CCN1CC(S)N(CCC(C)(C)CCCCCCCCC(C)(C)CCN2C(=O)N(CC)CC2S)C1=O. The largest absolute Gasteiger partial charge is 0.322 e. The van der Waals surface area contributed by atoms with Crippen LogP contribution in [0.4, 0.5) is 9.59 Å². The molecule has 0 aliphatic carbocycles. The van der Waals surface area contributed by atoms with Gasteiger partial charge in [-0.05, 0) is 50.4 Å². The third-order valence-corrected chi connectivity index (χ3v) is 9.18. The van der Waals surface area contributed by atoms with Crippen molar-refractivity contribution in [3.8, 4) is 0 Å². The van der Waals surface area contributed by atoms with Crippen molar-refractivity contribution in [2.45, 2.75) is 116 Å². The molecule has 2 fully saturated rings. The van der Waals surface area contributed by atoms with Crippen molar-refractivity contribution in [3.05, 3.63) is 0 Å². The van der Waals surface area contributed by atoms with Gasteiger partial charge < -0.3 is 19.6 Å². The van der Waals surface area contributed by atoms with Gasteiger partial charge in [-0.1, -0.05) is 66.2 Å². The second kappa shape index (κ2) is 14.4. The van der Waals surface area contributed by atoms with Gasteiger partial charge in [-0.15, -0.1) is 0 Å². The van der Waals surface area contributed by atoms with Crippen LogP contribution < -0.4 is 0 Å². The quantitative estimate of drug-likeness (QED) is 0.154. The van der Waals surface area contributed by atoms with E-state index in [1.54, 1.807) is 0 Å². The molecule has 0 aromatic carbocycles. The molecule has 2 atom stereocenters. The first-order valence-electron chi connectivity index (χ1n) is 14.4. The Morgan fingerprint density at radius 1 is 0.639 bits per heavy atom. The average molecular weight is 543 g/mol. The molecule has 210 valence electrons. The molecule has 6 nitrogen and oxygen atoms in total. The van der Waals surface area contributed by atoms with Crippen LogP contribution in [0.3, 0.4) is 0 Å². The molecular formula is C28H54N4O2S2. The van der Waals surface area contributed by atoms with Gasteiger partial charge in [0.15, 0.2) is 0 Å². The molecule has 0 bridgehead atoms. The highest BCUT2D eigenvalue weighted by Gasteiger charge is 2.36. The summed E-state index contributed by atoms with van der Waals surface area (Å²) in [6.45, 7) is 18.0. The molecule has 36 heavy (non-hydrogen) atoms. The van der Waals surface area contributed by atoms with Crippen LogP contribution in [-0.2, 0) is 0 Å². The molecule has 0 aromatic rings. The topological polar surface area (TPSA) is 47.1 Å². The number of carbonyl (C=O) groups excluding carboxylic acids is 2. The lowest BCUT2D eigenvalue weighted by atomic mass is 9.82. The molecule has 2 heterocycles. The number of carbonyl (C=O) groups is 2. The zero-order chi connectivity index (χ0) is 26.9. The normalized spacial score (nSPS) is 21.4. The Hall–Kier alpha value is -0.760. The maximum atomic E-state index is 12.4. The van der Waals surface area contributed by atoms with Crippen molar-refractivity contribution in [1.29, 1.82) is 0 Å². The molecule has 0 spiro atoms. The van der Waals surface area contributed by atoms with Gasteiger partial charge in [0, 0.05) is 26.2 Å². The first kappa shape index (κ1) is 31.5. The fraction of sp³-hybridized carbons (Fsp3) is 0.929. The van der Waals surface area contributed by atoms with Gasteiger partial charge in [0.1, 0.15) is 0 Å². The number of likely N-dealkylation sites (N-methyl/N-ethyl adjacent to an activating group) is 2. The fourth-order valence-electron chi connectivity index (χ4n) is 5.39. The smallest absolute Gasteiger partial charge is 0.321 e. The summed E-state index contributed by atoms with van der Waals surface area (Å²) in [5, 5.41) is 0.0690. The minimum absolute atomic E-state index is 0.0345. The number of nitrogens with zero attached hydrogens (tertiary/aromatic N) is 4. The van der Waals surface area contributed by atoms with Crippen molar-refractivity contribution in [1.82, 2.24) is 19.6 Å². The van der Waals surface area contributed by atoms with Gasteiger partial charge in [-0.2, -0.15) is 25.3 Å². The number of hydrogen-bond acceptors (Lipinski definition) is 4.